The molecule has 3 heteroatoms. The average Bonchev–Trinajstić information content (AvgIpc) is 2.22. The van der Waals surface area contributed by atoms with Gasteiger partial charge in [0.25, 0.3) is 0 Å². The van der Waals surface area contributed by atoms with Crippen molar-refractivity contribution in [2.45, 2.75) is 52.1 Å². The lowest BCUT2D eigenvalue weighted by atomic mass is 10.1. The van der Waals surface area contributed by atoms with E-state index in [1.807, 2.05) is 0 Å². The smallest absolute Gasteiger partial charge is 0.0595 e. The molecule has 0 aromatic rings. The number of unbranched alkanes of at least 4 members (excludes halogenated alkanes) is 1. The second kappa shape index (κ2) is 8.21. The van der Waals surface area contributed by atoms with Crippen molar-refractivity contribution < 1.29 is 5.11 Å². The first-order valence-corrected chi connectivity index (χ1v) is 5.76. The molecule has 0 rings (SSSR count). The van der Waals surface area contributed by atoms with Gasteiger partial charge in [0.05, 0.1) is 6.61 Å². The summed E-state index contributed by atoms with van der Waals surface area (Å²) in [5.74, 6) is 0. The molecule has 0 aliphatic rings. The van der Waals surface area contributed by atoms with Gasteiger partial charge in [0, 0.05) is 18.6 Å². The Morgan fingerprint density at radius 3 is 2.43 bits per heavy atom. The van der Waals surface area contributed by atoms with Crippen molar-refractivity contribution in [2.24, 2.45) is 5.73 Å². The van der Waals surface area contributed by atoms with Crippen LogP contribution in [0, 0.1) is 0 Å². The average molecular weight is 202 g/mol. The predicted octanol–water partition coefficient (Wildman–Crippen LogP) is 1.21. The van der Waals surface area contributed by atoms with Gasteiger partial charge in [0.15, 0.2) is 0 Å². The zero-order valence-electron chi connectivity index (χ0n) is 9.87. The standard InChI is InChI=1S/C11H26N2O/c1-4-6-7-13(10(3)5-2)8-11(12)9-14/h10-11,14H,4-9,12H2,1-3H3. The largest absolute Gasteiger partial charge is 0.395 e. The molecule has 3 nitrogen and oxygen atoms in total. The molecule has 0 aromatic carbocycles. The highest BCUT2D eigenvalue weighted by atomic mass is 16.3. The van der Waals surface area contributed by atoms with Gasteiger partial charge in [-0.3, -0.25) is 4.90 Å². The Hall–Kier alpha value is -0.120. The number of rotatable bonds is 8. The van der Waals surface area contributed by atoms with Crippen molar-refractivity contribution in [3.63, 3.8) is 0 Å². The monoisotopic (exact) mass is 202 g/mol. The molecule has 0 bridgehead atoms. The first-order chi connectivity index (χ1) is 6.65. The van der Waals surface area contributed by atoms with Crippen LogP contribution < -0.4 is 5.73 Å². The predicted molar refractivity (Wildman–Crippen MR) is 61.3 cm³/mol. The van der Waals surface area contributed by atoms with Crippen molar-refractivity contribution in [3.05, 3.63) is 0 Å². The summed E-state index contributed by atoms with van der Waals surface area (Å²) in [6.45, 7) is 8.60. The lowest BCUT2D eigenvalue weighted by molar-refractivity contribution is 0.161. The number of nitrogens with two attached hydrogens (primary N) is 1. The number of aliphatic hydroxyl groups excluding tert-OH is 1. The van der Waals surface area contributed by atoms with E-state index in [1.54, 1.807) is 0 Å². The fourth-order valence-corrected chi connectivity index (χ4v) is 1.47. The number of hydrogen-bond acceptors (Lipinski definition) is 3. The van der Waals surface area contributed by atoms with E-state index in [2.05, 4.69) is 25.7 Å². The lowest BCUT2D eigenvalue weighted by Crippen LogP contribution is -2.44. The van der Waals surface area contributed by atoms with Crippen molar-refractivity contribution in [3.8, 4) is 0 Å². The first-order valence-electron chi connectivity index (χ1n) is 5.76. The Balaban J connectivity index is 3.96. The second-order valence-corrected chi connectivity index (χ2v) is 4.05. The molecule has 0 aliphatic carbocycles. The van der Waals surface area contributed by atoms with E-state index in [9.17, 15) is 0 Å². The van der Waals surface area contributed by atoms with Gasteiger partial charge >= 0.3 is 0 Å². The molecule has 3 N–H and O–H groups in total. The van der Waals surface area contributed by atoms with E-state index in [-0.39, 0.29) is 12.6 Å². The molecule has 0 heterocycles. The fourth-order valence-electron chi connectivity index (χ4n) is 1.47. The third-order valence-corrected chi connectivity index (χ3v) is 2.72. The van der Waals surface area contributed by atoms with Crippen molar-refractivity contribution >= 4 is 0 Å². The molecule has 0 saturated heterocycles. The molecule has 0 aliphatic heterocycles. The quantitative estimate of drug-likeness (QED) is 0.622. The molecule has 0 amide bonds. The first kappa shape index (κ1) is 13.9. The van der Waals surface area contributed by atoms with E-state index in [4.69, 9.17) is 10.8 Å². The Bertz CT molecular complexity index is 130. The third-order valence-electron chi connectivity index (χ3n) is 2.72. The van der Waals surface area contributed by atoms with E-state index in [0.717, 1.165) is 19.5 Å². The lowest BCUT2D eigenvalue weighted by Gasteiger charge is -2.30. The van der Waals surface area contributed by atoms with Crippen molar-refractivity contribution in [1.82, 2.24) is 4.90 Å². The molecule has 86 valence electrons. The Labute approximate surface area is 88.3 Å². The van der Waals surface area contributed by atoms with Gasteiger partial charge in [-0.2, -0.15) is 0 Å². The highest BCUT2D eigenvalue weighted by molar-refractivity contribution is 4.72. The van der Waals surface area contributed by atoms with Crippen LogP contribution >= 0.6 is 0 Å². The van der Waals surface area contributed by atoms with Gasteiger partial charge in [0.2, 0.25) is 0 Å². The number of aliphatic hydroxyl groups is 1. The van der Waals surface area contributed by atoms with E-state index in [0.29, 0.717) is 6.04 Å². The van der Waals surface area contributed by atoms with Crippen LogP contribution in [-0.2, 0) is 0 Å². The topological polar surface area (TPSA) is 49.5 Å². The molecule has 0 spiro atoms. The molecule has 0 saturated carbocycles. The summed E-state index contributed by atoms with van der Waals surface area (Å²) in [6, 6.07) is 0.472. The van der Waals surface area contributed by atoms with E-state index < -0.39 is 0 Å². The summed E-state index contributed by atoms with van der Waals surface area (Å²) < 4.78 is 0. The summed E-state index contributed by atoms with van der Waals surface area (Å²) >= 11 is 0. The van der Waals surface area contributed by atoms with Gasteiger partial charge in [0.1, 0.15) is 0 Å². The van der Waals surface area contributed by atoms with Gasteiger partial charge in [-0.25, -0.2) is 0 Å². The maximum atomic E-state index is 8.91. The molecule has 0 aromatic heterocycles. The van der Waals surface area contributed by atoms with Crippen LogP contribution in [0.15, 0.2) is 0 Å². The highest BCUT2D eigenvalue weighted by Crippen LogP contribution is 2.06. The SMILES string of the molecule is CCCCN(CC(N)CO)C(C)CC. The van der Waals surface area contributed by atoms with Gasteiger partial charge in [-0.15, -0.1) is 0 Å². The summed E-state index contributed by atoms with van der Waals surface area (Å²) in [4.78, 5) is 2.38. The Morgan fingerprint density at radius 2 is 2.00 bits per heavy atom. The van der Waals surface area contributed by atoms with Crippen LogP contribution in [0.3, 0.4) is 0 Å². The molecular formula is C11H26N2O. The van der Waals surface area contributed by atoms with Gasteiger partial charge in [-0.1, -0.05) is 20.3 Å². The maximum absolute atomic E-state index is 8.91. The van der Waals surface area contributed by atoms with Crippen LogP contribution in [0.1, 0.15) is 40.0 Å². The Morgan fingerprint density at radius 1 is 1.36 bits per heavy atom. The minimum Gasteiger partial charge on any atom is -0.395 e. The summed E-state index contributed by atoms with van der Waals surface area (Å²) in [6.07, 6.45) is 3.56. The summed E-state index contributed by atoms with van der Waals surface area (Å²) in [5.41, 5.74) is 5.75. The van der Waals surface area contributed by atoms with Crippen molar-refractivity contribution in [1.29, 1.82) is 0 Å². The fraction of sp³-hybridized carbons (Fsp3) is 1.00. The van der Waals surface area contributed by atoms with Gasteiger partial charge < -0.3 is 10.8 Å². The minimum absolute atomic E-state index is 0.0824. The van der Waals surface area contributed by atoms with Crippen LogP contribution in [-0.4, -0.2) is 41.8 Å². The summed E-state index contributed by atoms with van der Waals surface area (Å²) in [7, 11) is 0. The molecule has 2 atom stereocenters. The minimum atomic E-state index is -0.0964. The van der Waals surface area contributed by atoms with Crippen LogP contribution in [0.5, 0.6) is 0 Å². The normalized spacial score (nSPS) is 15.9. The Kier molecular flexibility index (Phi) is 8.14. The van der Waals surface area contributed by atoms with E-state index in [1.165, 1.54) is 12.8 Å². The van der Waals surface area contributed by atoms with Gasteiger partial charge in [-0.05, 0) is 26.3 Å². The second-order valence-electron chi connectivity index (χ2n) is 4.05. The summed E-state index contributed by atoms with van der Waals surface area (Å²) in [5, 5.41) is 8.91. The maximum Gasteiger partial charge on any atom is 0.0595 e. The molecular weight excluding hydrogens is 176 g/mol. The molecule has 0 fully saturated rings. The molecule has 0 radical (unpaired) electrons. The van der Waals surface area contributed by atoms with Crippen LogP contribution in [0.2, 0.25) is 0 Å². The van der Waals surface area contributed by atoms with Crippen molar-refractivity contribution in [2.75, 3.05) is 19.7 Å². The zero-order chi connectivity index (χ0) is 11.0. The molecule has 2 unspecified atom stereocenters. The van der Waals surface area contributed by atoms with Crippen LogP contribution in [0.4, 0.5) is 0 Å². The van der Waals surface area contributed by atoms with Crippen LogP contribution in [0.25, 0.3) is 0 Å². The number of hydrogen-bond donors (Lipinski definition) is 2. The molecule has 14 heavy (non-hydrogen) atoms. The highest BCUT2D eigenvalue weighted by Gasteiger charge is 2.14. The van der Waals surface area contributed by atoms with E-state index >= 15 is 0 Å². The third kappa shape index (κ3) is 5.58. The number of nitrogens with zero attached hydrogens (tertiary/aromatic N) is 1. The zero-order valence-corrected chi connectivity index (χ0v) is 9.87.